The third kappa shape index (κ3) is 6.67. The molecule has 0 spiro atoms. The maximum absolute atomic E-state index is 12.4. The Bertz CT molecular complexity index is 561. The lowest BCUT2D eigenvalue weighted by Crippen LogP contribution is -2.52. The van der Waals surface area contributed by atoms with E-state index in [1.807, 2.05) is 14.1 Å². The number of likely N-dealkylation sites (N-methyl/N-ethyl adjacent to an activating group) is 1. The number of aliphatic imine (C=N–C) groups is 1. The van der Waals surface area contributed by atoms with Gasteiger partial charge in [-0.05, 0) is 38.0 Å². The molecule has 4 unspecified atom stereocenters. The van der Waals surface area contributed by atoms with E-state index in [0.717, 1.165) is 38.1 Å². The van der Waals surface area contributed by atoms with Crippen LogP contribution in [-0.2, 0) is 9.59 Å². The average Bonchev–Trinajstić information content (AvgIpc) is 2.67. The second-order valence-electron chi connectivity index (χ2n) is 8.90. The molecule has 0 bridgehead atoms. The lowest BCUT2D eigenvalue weighted by molar-refractivity contribution is -0.134. The van der Waals surface area contributed by atoms with Crippen LogP contribution in [0.4, 0.5) is 0 Å². The molecule has 2 N–H and O–H groups in total. The maximum atomic E-state index is 12.4. The molecule has 28 heavy (non-hydrogen) atoms. The molecule has 2 saturated carbocycles. The van der Waals surface area contributed by atoms with Gasteiger partial charge in [-0.1, -0.05) is 26.2 Å². The van der Waals surface area contributed by atoms with Crippen LogP contribution in [0.25, 0.3) is 0 Å². The number of carbonyl (C=O) groups is 2. The summed E-state index contributed by atoms with van der Waals surface area (Å²) >= 11 is 0. The van der Waals surface area contributed by atoms with E-state index in [-0.39, 0.29) is 30.3 Å². The van der Waals surface area contributed by atoms with Gasteiger partial charge in [-0.25, -0.2) is 4.99 Å². The number of hydrogen-bond donors (Lipinski definition) is 2. The summed E-state index contributed by atoms with van der Waals surface area (Å²) in [5.74, 6) is 1.58. The van der Waals surface area contributed by atoms with E-state index in [1.165, 1.54) is 19.3 Å². The van der Waals surface area contributed by atoms with E-state index in [9.17, 15) is 9.59 Å². The summed E-state index contributed by atoms with van der Waals surface area (Å²) in [7, 11) is 7.15. The molecule has 2 aliphatic rings. The highest BCUT2D eigenvalue weighted by Gasteiger charge is 2.29. The fraction of sp³-hybridized carbons (Fsp3) is 0.857. The van der Waals surface area contributed by atoms with Crippen molar-refractivity contribution in [1.29, 1.82) is 0 Å². The quantitative estimate of drug-likeness (QED) is 0.552. The normalized spacial score (nSPS) is 28.4. The summed E-state index contributed by atoms with van der Waals surface area (Å²) in [4.78, 5) is 32.2. The average molecular weight is 394 g/mol. The third-order valence-corrected chi connectivity index (χ3v) is 6.11. The Labute approximate surface area is 170 Å². The first kappa shape index (κ1) is 22.5. The Hall–Kier alpha value is -1.79. The van der Waals surface area contributed by atoms with Crippen molar-refractivity contribution in [2.75, 3.05) is 34.7 Å². The largest absolute Gasteiger partial charge is 0.354 e. The van der Waals surface area contributed by atoms with Gasteiger partial charge in [0.2, 0.25) is 11.8 Å². The smallest absolute Gasteiger partial charge is 0.243 e. The van der Waals surface area contributed by atoms with E-state index in [2.05, 4.69) is 22.5 Å². The second kappa shape index (κ2) is 10.7. The fourth-order valence-electron chi connectivity index (χ4n) is 4.23. The molecule has 2 aliphatic carbocycles. The van der Waals surface area contributed by atoms with Crippen LogP contribution in [0, 0.1) is 11.8 Å². The molecule has 7 nitrogen and oxygen atoms in total. The SMILES string of the molecule is CC1CCCCC1NC(=NCC(=O)N(C)C)NC1CCCC(C(=O)N(C)C)C1. The van der Waals surface area contributed by atoms with Crippen molar-refractivity contribution in [3.63, 3.8) is 0 Å². The number of amides is 2. The van der Waals surface area contributed by atoms with Gasteiger partial charge in [0, 0.05) is 46.2 Å². The van der Waals surface area contributed by atoms with E-state index in [1.54, 1.807) is 23.9 Å². The van der Waals surface area contributed by atoms with Gasteiger partial charge in [-0.2, -0.15) is 0 Å². The summed E-state index contributed by atoms with van der Waals surface area (Å²) in [6, 6.07) is 0.597. The van der Waals surface area contributed by atoms with Crippen LogP contribution < -0.4 is 10.6 Å². The van der Waals surface area contributed by atoms with Crippen LogP contribution in [0.5, 0.6) is 0 Å². The van der Waals surface area contributed by atoms with Crippen LogP contribution >= 0.6 is 0 Å². The van der Waals surface area contributed by atoms with E-state index in [0.29, 0.717) is 12.0 Å². The third-order valence-electron chi connectivity index (χ3n) is 6.11. The van der Waals surface area contributed by atoms with Crippen molar-refractivity contribution in [3.8, 4) is 0 Å². The zero-order valence-corrected chi connectivity index (χ0v) is 18.3. The Morgan fingerprint density at radius 3 is 2.29 bits per heavy atom. The van der Waals surface area contributed by atoms with Crippen LogP contribution in [0.15, 0.2) is 4.99 Å². The predicted octanol–water partition coefficient (Wildman–Crippen LogP) is 1.84. The van der Waals surface area contributed by atoms with Crippen LogP contribution in [0.2, 0.25) is 0 Å². The minimum atomic E-state index is -0.0119. The molecule has 0 aromatic heterocycles. The maximum Gasteiger partial charge on any atom is 0.243 e. The standard InChI is InChI=1S/C21H39N5O2/c1-15-9-6-7-12-18(15)24-21(22-14-19(27)25(2)3)23-17-11-8-10-16(13-17)20(28)26(4)5/h15-18H,6-14H2,1-5H3,(H2,22,23,24). The minimum absolute atomic E-state index is 0.0119. The topological polar surface area (TPSA) is 77.0 Å². The zero-order chi connectivity index (χ0) is 20.7. The van der Waals surface area contributed by atoms with Gasteiger partial charge in [0.25, 0.3) is 0 Å². The van der Waals surface area contributed by atoms with Gasteiger partial charge in [-0.15, -0.1) is 0 Å². The molecular formula is C21H39N5O2. The van der Waals surface area contributed by atoms with Gasteiger partial charge in [0.05, 0.1) is 0 Å². The first-order valence-corrected chi connectivity index (χ1v) is 10.8. The van der Waals surface area contributed by atoms with Gasteiger partial charge >= 0.3 is 0 Å². The summed E-state index contributed by atoms with van der Waals surface area (Å²) in [6.45, 7) is 2.42. The molecule has 0 aliphatic heterocycles. The van der Waals surface area contributed by atoms with Crippen LogP contribution in [-0.4, -0.2) is 74.4 Å². The lowest BCUT2D eigenvalue weighted by atomic mass is 9.84. The molecule has 7 heteroatoms. The summed E-state index contributed by atoms with van der Waals surface area (Å²) in [6.07, 6.45) is 8.71. The highest BCUT2D eigenvalue weighted by Crippen LogP contribution is 2.26. The van der Waals surface area contributed by atoms with Crippen molar-refractivity contribution in [3.05, 3.63) is 0 Å². The van der Waals surface area contributed by atoms with Crippen molar-refractivity contribution >= 4 is 17.8 Å². The number of guanidine groups is 1. The summed E-state index contributed by atoms with van der Waals surface area (Å²) in [5, 5.41) is 7.13. The Morgan fingerprint density at radius 2 is 1.64 bits per heavy atom. The molecule has 0 heterocycles. The minimum Gasteiger partial charge on any atom is -0.354 e. The molecule has 0 aromatic carbocycles. The molecule has 4 atom stereocenters. The summed E-state index contributed by atoms with van der Waals surface area (Å²) < 4.78 is 0. The monoisotopic (exact) mass is 393 g/mol. The molecule has 2 rings (SSSR count). The van der Waals surface area contributed by atoms with Gasteiger partial charge in [-0.3, -0.25) is 9.59 Å². The number of hydrogen-bond acceptors (Lipinski definition) is 3. The predicted molar refractivity (Wildman–Crippen MR) is 113 cm³/mol. The van der Waals surface area contributed by atoms with Gasteiger partial charge in [0.15, 0.2) is 5.96 Å². The molecule has 0 radical (unpaired) electrons. The molecule has 160 valence electrons. The molecule has 2 fully saturated rings. The summed E-state index contributed by atoms with van der Waals surface area (Å²) in [5.41, 5.74) is 0. The second-order valence-corrected chi connectivity index (χ2v) is 8.90. The number of rotatable bonds is 5. The van der Waals surface area contributed by atoms with E-state index < -0.39 is 0 Å². The van der Waals surface area contributed by atoms with Crippen LogP contribution in [0.1, 0.15) is 58.3 Å². The lowest BCUT2D eigenvalue weighted by Gasteiger charge is -2.34. The van der Waals surface area contributed by atoms with Gasteiger partial charge in [0.1, 0.15) is 6.54 Å². The molecule has 0 aromatic rings. The first-order chi connectivity index (χ1) is 13.3. The van der Waals surface area contributed by atoms with Crippen LogP contribution in [0.3, 0.4) is 0 Å². The molecule has 0 saturated heterocycles. The Kier molecular flexibility index (Phi) is 8.58. The molecular weight excluding hydrogens is 354 g/mol. The Balaban J connectivity index is 2.04. The van der Waals surface area contributed by atoms with Crippen molar-refractivity contribution in [2.45, 2.75) is 70.4 Å². The van der Waals surface area contributed by atoms with E-state index >= 15 is 0 Å². The fourth-order valence-corrected chi connectivity index (χ4v) is 4.23. The highest BCUT2D eigenvalue weighted by molar-refractivity contribution is 5.85. The highest BCUT2D eigenvalue weighted by atomic mass is 16.2. The number of carbonyl (C=O) groups excluding carboxylic acids is 2. The number of nitrogens with zero attached hydrogens (tertiary/aromatic N) is 3. The first-order valence-electron chi connectivity index (χ1n) is 10.8. The molecule has 2 amide bonds. The van der Waals surface area contributed by atoms with Crippen molar-refractivity contribution in [1.82, 2.24) is 20.4 Å². The van der Waals surface area contributed by atoms with Gasteiger partial charge < -0.3 is 20.4 Å². The van der Waals surface area contributed by atoms with E-state index in [4.69, 9.17) is 0 Å². The number of nitrogens with one attached hydrogen (secondary N) is 2. The zero-order valence-electron chi connectivity index (χ0n) is 18.3. The van der Waals surface area contributed by atoms with Crippen molar-refractivity contribution in [2.24, 2.45) is 16.8 Å². The van der Waals surface area contributed by atoms with Crippen molar-refractivity contribution < 1.29 is 9.59 Å². The Morgan fingerprint density at radius 1 is 0.929 bits per heavy atom.